The Bertz CT molecular complexity index is 1330. The van der Waals surface area contributed by atoms with E-state index in [0.29, 0.717) is 29.3 Å². The van der Waals surface area contributed by atoms with Gasteiger partial charge in [0.2, 0.25) is 5.95 Å². The highest BCUT2D eigenvalue weighted by Crippen LogP contribution is 2.30. The number of anilines is 2. The summed E-state index contributed by atoms with van der Waals surface area (Å²) in [6, 6.07) is 6.72. The fraction of sp³-hybridized carbons (Fsp3) is 0.333. The highest BCUT2D eigenvalue weighted by atomic mass is 19.1. The van der Waals surface area contributed by atoms with Crippen molar-refractivity contribution in [3.63, 3.8) is 0 Å². The van der Waals surface area contributed by atoms with Crippen molar-refractivity contribution in [3.05, 3.63) is 59.7 Å². The van der Waals surface area contributed by atoms with Crippen LogP contribution in [-0.4, -0.2) is 44.2 Å². The largest absolute Gasteiger partial charge is 0.371 e. The van der Waals surface area contributed by atoms with E-state index in [2.05, 4.69) is 30.6 Å². The van der Waals surface area contributed by atoms with Crippen molar-refractivity contribution in [1.29, 1.82) is 0 Å². The number of hydrogen-bond acceptors (Lipinski definition) is 7. The zero-order chi connectivity index (χ0) is 23.8. The van der Waals surface area contributed by atoms with Crippen LogP contribution in [0.15, 0.2) is 36.7 Å². The first-order valence-corrected chi connectivity index (χ1v) is 11.2. The lowest BCUT2D eigenvalue weighted by atomic mass is 10.1. The molecule has 0 spiro atoms. The van der Waals surface area contributed by atoms with Crippen LogP contribution in [0.1, 0.15) is 37.4 Å². The topological polar surface area (TPSA) is 89.8 Å². The fourth-order valence-electron chi connectivity index (χ4n) is 4.25. The molecule has 176 valence electrons. The Morgan fingerprint density at radius 3 is 2.68 bits per heavy atom. The Morgan fingerprint density at radius 2 is 1.97 bits per heavy atom. The van der Waals surface area contributed by atoms with E-state index in [9.17, 15) is 8.78 Å². The lowest BCUT2D eigenvalue weighted by molar-refractivity contribution is 0.0275. The zero-order valence-corrected chi connectivity index (χ0v) is 19.1. The minimum absolute atomic E-state index is 0.00856. The van der Waals surface area contributed by atoms with Crippen LogP contribution in [0, 0.1) is 18.6 Å². The summed E-state index contributed by atoms with van der Waals surface area (Å²) in [4.78, 5) is 17.1. The van der Waals surface area contributed by atoms with Crippen LogP contribution in [0.25, 0.3) is 22.3 Å². The molecule has 0 unspecified atom stereocenters. The van der Waals surface area contributed by atoms with Gasteiger partial charge >= 0.3 is 0 Å². The molecule has 1 aliphatic heterocycles. The van der Waals surface area contributed by atoms with Gasteiger partial charge in [-0.2, -0.15) is 0 Å². The molecule has 4 aromatic rings. The molecular weight excluding hydrogens is 440 g/mol. The molecule has 1 fully saturated rings. The number of ether oxygens (including phenoxy) is 1. The van der Waals surface area contributed by atoms with Crippen LogP contribution >= 0.6 is 0 Å². The summed E-state index contributed by atoms with van der Waals surface area (Å²) in [5, 5.41) is 6.27. The minimum atomic E-state index is -0.651. The number of halogens is 2. The molecule has 10 heteroatoms. The van der Waals surface area contributed by atoms with E-state index in [4.69, 9.17) is 4.74 Å². The third-order valence-corrected chi connectivity index (χ3v) is 5.78. The van der Waals surface area contributed by atoms with Gasteiger partial charge in [-0.05, 0) is 39.0 Å². The quantitative estimate of drug-likeness (QED) is 0.450. The first kappa shape index (κ1) is 22.3. The molecule has 0 amide bonds. The van der Waals surface area contributed by atoms with Crippen LogP contribution in [0.5, 0.6) is 0 Å². The molecule has 1 saturated heterocycles. The van der Waals surface area contributed by atoms with E-state index in [0.717, 1.165) is 24.8 Å². The molecule has 8 nitrogen and oxygen atoms in total. The van der Waals surface area contributed by atoms with Gasteiger partial charge in [-0.15, -0.1) is 0 Å². The van der Waals surface area contributed by atoms with E-state index >= 15 is 0 Å². The minimum Gasteiger partial charge on any atom is -0.371 e. The molecule has 0 aliphatic carbocycles. The molecule has 0 bridgehead atoms. The summed E-state index contributed by atoms with van der Waals surface area (Å²) >= 11 is 0. The van der Waals surface area contributed by atoms with Gasteiger partial charge in [0.15, 0.2) is 11.6 Å². The standard InChI is InChI=1S/C24H25F2N7O/c1-13(2)33-14(3)30-23-17(25)8-16(9-19(23)33)22-18(26)11-29-24(32-22)31-21-5-4-15(10-28-21)20-12-27-6-7-34-20/h4-5,8-11,13,20,27H,6-7,12H2,1-3H3,(H,28,29,31,32)/t20-/m1/s1. The number of nitrogens with one attached hydrogen (secondary N) is 2. The van der Waals surface area contributed by atoms with E-state index in [1.165, 1.54) is 6.07 Å². The second-order valence-corrected chi connectivity index (χ2v) is 8.50. The summed E-state index contributed by atoms with van der Waals surface area (Å²) in [7, 11) is 0. The van der Waals surface area contributed by atoms with Crippen LogP contribution in [0.3, 0.4) is 0 Å². The van der Waals surface area contributed by atoms with Crippen molar-refractivity contribution in [2.24, 2.45) is 0 Å². The summed E-state index contributed by atoms with van der Waals surface area (Å²) in [6.45, 7) is 8.02. The van der Waals surface area contributed by atoms with Gasteiger partial charge in [0.05, 0.1) is 24.4 Å². The fourth-order valence-corrected chi connectivity index (χ4v) is 4.25. The number of pyridine rings is 1. The Morgan fingerprint density at radius 1 is 1.12 bits per heavy atom. The molecule has 1 aliphatic rings. The normalized spacial score (nSPS) is 16.4. The second kappa shape index (κ2) is 9.03. The summed E-state index contributed by atoms with van der Waals surface area (Å²) in [5.74, 6) is 0.165. The first-order chi connectivity index (χ1) is 16.4. The Kier molecular flexibility index (Phi) is 5.93. The number of morpholine rings is 1. The maximum atomic E-state index is 14.9. The first-order valence-electron chi connectivity index (χ1n) is 11.2. The van der Waals surface area contributed by atoms with E-state index in [-0.39, 0.29) is 29.3 Å². The van der Waals surface area contributed by atoms with E-state index in [1.54, 1.807) is 18.3 Å². The molecule has 5 rings (SSSR count). The van der Waals surface area contributed by atoms with Crippen LogP contribution in [0.4, 0.5) is 20.5 Å². The van der Waals surface area contributed by atoms with Gasteiger partial charge < -0.3 is 19.9 Å². The van der Waals surface area contributed by atoms with Crippen molar-refractivity contribution in [3.8, 4) is 11.3 Å². The molecule has 34 heavy (non-hydrogen) atoms. The molecule has 1 aromatic carbocycles. The number of nitrogens with zero attached hydrogens (tertiary/aromatic N) is 5. The maximum absolute atomic E-state index is 14.9. The van der Waals surface area contributed by atoms with Gasteiger partial charge in [-0.1, -0.05) is 6.07 Å². The number of aryl methyl sites for hydroxylation is 1. The summed E-state index contributed by atoms with van der Waals surface area (Å²) < 4.78 is 37.2. The molecule has 4 heterocycles. The lowest BCUT2D eigenvalue weighted by Gasteiger charge is -2.23. The maximum Gasteiger partial charge on any atom is 0.229 e. The van der Waals surface area contributed by atoms with E-state index < -0.39 is 11.6 Å². The SMILES string of the molecule is Cc1nc2c(F)cc(-c3nc(Nc4ccc([C@H]5CNCCO5)cn4)ncc3F)cc2n1C(C)C. The third kappa shape index (κ3) is 4.22. The molecule has 3 aromatic heterocycles. The van der Waals surface area contributed by atoms with Crippen LogP contribution in [0.2, 0.25) is 0 Å². The number of imidazole rings is 1. The molecule has 0 radical (unpaired) electrons. The van der Waals surface area contributed by atoms with Crippen LogP contribution < -0.4 is 10.6 Å². The number of aromatic nitrogens is 5. The lowest BCUT2D eigenvalue weighted by Crippen LogP contribution is -2.33. The van der Waals surface area contributed by atoms with Gasteiger partial charge in [0.25, 0.3) is 0 Å². The highest BCUT2D eigenvalue weighted by molar-refractivity contribution is 5.83. The predicted octanol–water partition coefficient (Wildman–Crippen LogP) is 4.46. The van der Waals surface area contributed by atoms with Gasteiger partial charge in [-0.3, -0.25) is 0 Å². The average molecular weight is 466 g/mol. The average Bonchev–Trinajstić information content (AvgIpc) is 3.18. The number of fused-ring (bicyclic) bond motifs is 1. The van der Waals surface area contributed by atoms with Crippen molar-refractivity contribution in [1.82, 2.24) is 29.8 Å². The third-order valence-electron chi connectivity index (χ3n) is 5.78. The number of hydrogen-bond donors (Lipinski definition) is 2. The highest BCUT2D eigenvalue weighted by Gasteiger charge is 2.19. The number of benzene rings is 1. The van der Waals surface area contributed by atoms with E-state index in [1.807, 2.05) is 31.4 Å². The smallest absolute Gasteiger partial charge is 0.229 e. The van der Waals surface area contributed by atoms with Crippen molar-refractivity contribution in [2.45, 2.75) is 32.9 Å². The van der Waals surface area contributed by atoms with Crippen molar-refractivity contribution >= 4 is 22.8 Å². The summed E-state index contributed by atoms with van der Waals surface area (Å²) in [6.07, 6.45) is 2.74. The Hall–Kier alpha value is -3.50. The molecule has 1 atom stereocenters. The molecular formula is C24H25F2N7O. The van der Waals surface area contributed by atoms with Crippen molar-refractivity contribution < 1.29 is 13.5 Å². The summed E-state index contributed by atoms with van der Waals surface area (Å²) in [5.41, 5.74) is 2.10. The Balaban J connectivity index is 1.45. The zero-order valence-electron chi connectivity index (χ0n) is 19.1. The van der Waals surface area contributed by atoms with Crippen molar-refractivity contribution in [2.75, 3.05) is 25.0 Å². The second-order valence-electron chi connectivity index (χ2n) is 8.50. The van der Waals surface area contributed by atoms with Gasteiger partial charge in [0.1, 0.15) is 22.9 Å². The monoisotopic (exact) mass is 465 g/mol. The van der Waals surface area contributed by atoms with Gasteiger partial charge in [0, 0.05) is 36.5 Å². The van der Waals surface area contributed by atoms with Gasteiger partial charge in [-0.25, -0.2) is 28.7 Å². The van der Waals surface area contributed by atoms with Crippen LogP contribution in [-0.2, 0) is 4.74 Å². The molecule has 2 N–H and O–H groups in total. The predicted molar refractivity (Wildman–Crippen MR) is 125 cm³/mol. The Labute approximate surface area is 195 Å². The number of rotatable bonds is 5. The molecule has 0 saturated carbocycles.